The summed E-state index contributed by atoms with van der Waals surface area (Å²) < 4.78 is 0. The molecule has 1 saturated heterocycles. The molecule has 2 aromatic carbocycles. The number of carbonyl (C=O) groups excluding carboxylic acids is 2. The zero-order chi connectivity index (χ0) is 17.6. The summed E-state index contributed by atoms with van der Waals surface area (Å²) in [6, 6.07) is 14.3. The van der Waals surface area contributed by atoms with Crippen LogP contribution in [-0.4, -0.2) is 60.9 Å². The molecule has 0 saturated carbocycles. The van der Waals surface area contributed by atoms with Gasteiger partial charge in [0.2, 0.25) is 11.8 Å². The zero-order valence-corrected chi connectivity index (χ0v) is 14.7. The SMILES string of the molecule is CCNC(=O)CN1CCN(C(=O)Cc2cccc3ccccc23)CC1. The molecule has 132 valence electrons. The predicted octanol–water partition coefficient (Wildman–Crippen LogP) is 1.66. The molecule has 1 fully saturated rings. The number of hydrogen-bond acceptors (Lipinski definition) is 3. The molecule has 0 aliphatic carbocycles. The fourth-order valence-electron chi connectivity index (χ4n) is 3.33. The van der Waals surface area contributed by atoms with Crippen molar-refractivity contribution in [2.75, 3.05) is 39.3 Å². The Hall–Kier alpha value is -2.40. The molecule has 0 spiro atoms. The Morgan fingerprint density at radius 3 is 2.48 bits per heavy atom. The van der Waals surface area contributed by atoms with Crippen LogP contribution >= 0.6 is 0 Å². The van der Waals surface area contributed by atoms with E-state index in [4.69, 9.17) is 0 Å². The second-order valence-corrected chi connectivity index (χ2v) is 6.43. The van der Waals surface area contributed by atoms with E-state index in [0.29, 0.717) is 32.6 Å². The molecule has 1 aliphatic heterocycles. The summed E-state index contributed by atoms with van der Waals surface area (Å²) in [7, 11) is 0. The predicted molar refractivity (Wildman–Crippen MR) is 99.4 cm³/mol. The summed E-state index contributed by atoms with van der Waals surface area (Å²) in [5.41, 5.74) is 1.08. The molecule has 2 amide bonds. The highest BCUT2D eigenvalue weighted by Crippen LogP contribution is 2.19. The highest BCUT2D eigenvalue weighted by Gasteiger charge is 2.22. The number of rotatable bonds is 5. The second-order valence-electron chi connectivity index (χ2n) is 6.43. The number of hydrogen-bond donors (Lipinski definition) is 1. The average Bonchev–Trinajstić information content (AvgIpc) is 2.63. The molecule has 1 aliphatic rings. The van der Waals surface area contributed by atoms with Gasteiger partial charge in [0.05, 0.1) is 13.0 Å². The maximum Gasteiger partial charge on any atom is 0.234 e. The largest absolute Gasteiger partial charge is 0.355 e. The molecule has 0 bridgehead atoms. The van der Waals surface area contributed by atoms with E-state index in [1.807, 2.05) is 36.1 Å². The van der Waals surface area contributed by atoms with Crippen LogP contribution in [0.25, 0.3) is 10.8 Å². The van der Waals surface area contributed by atoms with Crippen molar-refractivity contribution in [3.05, 3.63) is 48.0 Å². The molecule has 3 rings (SSSR count). The van der Waals surface area contributed by atoms with Gasteiger partial charge in [-0.3, -0.25) is 14.5 Å². The normalized spacial score (nSPS) is 15.3. The molecule has 5 heteroatoms. The molecular weight excluding hydrogens is 314 g/mol. The van der Waals surface area contributed by atoms with Gasteiger partial charge in [-0.25, -0.2) is 0 Å². The van der Waals surface area contributed by atoms with Crippen molar-refractivity contribution in [1.82, 2.24) is 15.1 Å². The summed E-state index contributed by atoms with van der Waals surface area (Å²) in [4.78, 5) is 28.3. The van der Waals surface area contributed by atoms with Crippen molar-refractivity contribution in [2.45, 2.75) is 13.3 Å². The average molecular weight is 339 g/mol. The minimum atomic E-state index is 0.0537. The molecule has 0 aromatic heterocycles. The summed E-state index contributed by atoms with van der Waals surface area (Å²) in [5.74, 6) is 0.215. The van der Waals surface area contributed by atoms with Crippen molar-refractivity contribution >= 4 is 22.6 Å². The van der Waals surface area contributed by atoms with Crippen molar-refractivity contribution in [2.24, 2.45) is 0 Å². The Kier molecular flexibility index (Phi) is 5.66. The summed E-state index contributed by atoms with van der Waals surface area (Å²) in [6.45, 7) is 5.85. The number of amides is 2. The number of nitrogens with one attached hydrogen (secondary N) is 1. The van der Waals surface area contributed by atoms with Gasteiger partial charge in [-0.05, 0) is 23.3 Å². The zero-order valence-electron chi connectivity index (χ0n) is 14.7. The number of fused-ring (bicyclic) bond motifs is 1. The molecule has 0 unspecified atom stereocenters. The van der Waals surface area contributed by atoms with Crippen LogP contribution in [0.15, 0.2) is 42.5 Å². The van der Waals surface area contributed by atoms with Crippen LogP contribution in [0.4, 0.5) is 0 Å². The van der Waals surface area contributed by atoms with E-state index in [1.165, 1.54) is 5.39 Å². The minimum absolute atomic E-state index is 0.0537. The van der Waals surface area contributed by atoms with Gasteiger partial charge in [-0.15, -0.1) is 0 Å². The molecule has 5 nitrogen and oxygen atoms in total. The lowest BCUT2D eigenvalue weighted by Crippen LogP contribution is -2.51. The van der Waals surface area contributed by atoms with Crippen molar-refractivity contribution in [1.29, 1.82) is 0 Å². The summed E-state index contributed by atoms with van der Waals surface area (Å²) in [5, 5.41) is 5.13. The number of benzene rings is 2. The minimum Gasteiger partial charge on any atom is -0.355 e. The van der Waals surface area contributed by atoms with E-state index in [0.717, 1.165) is 24.0 Å². The quantitative estimate of drug-likeness (QED) is 0.901. The van der Waals surface area contributed by atoms with Gasteiger partial charge in [0, 0.05) is 32.7 Å². The second kappa shape index (κ2) is 8.12. The molecule has 1 N–H and O–H groups in total. The van der Waals surface area contributed by atoms with E-state index >= 15 is 0 Å². The highest BCUT2D eigenvalue weighted by atomic mass is 16.2. The van der Waals surface area contributed by atoms with Crippen LogP contribution in [0.5, 0.6) is 0 Å². The van der Waals surface area contributed by atoms with Gasteiger partial charge in [-0.1, -0.05) is 42.5 Å². The molecular formula is C20H25N3O2. The van der Waals surface area contributed by atoms with Gasteiger partial charge in [0.15, 0.2) is 0 Å². The van der Waals surface area contributed by atoms with Crippen LogP contribution in [0, 0.1) is 0 Å². The Morgan fingerprint density at radius 1 is 1.00 bits per heavy atom. The Balaban J connectivity index is 1.57. The first-order chi connectivity index (χ1) is 12.2. The fourth-order valence-corrected chi connectivity index (χ4v) is 3.33. The third-order valence-corrected chi connectivity index (χ3v) is 4.69. The van der Waals surface area contributed by atoms with Crippen LogP contribution in [0.3, 0.4) is 0 Å². The smallest absolute Gasteiger partial charge is 0.234 e. The lowest BCUT2D eigenvalue weighted by Gasteiger charge is -2.34. The summed E-state index contributed by atoms with van der Waals surface area (Å²) >= 11 is 0. The molecule has 0 atom stereocenters. The lowest BCUT2D eigenvalue weighted by atomic mass is 10.0. The molecule has 25 heavy (non-hydrogen) atoms. The number of nitrogens with zero attached hydrogens (tertiary/aromatic N) is 2. The van der Waals surface area contributed by atoms with Gasteiger partial charge < -0.3 is 10.2 Å². The van der Waals surface area contributed by atoms with E-state index in [-0.39, 0.29) is 11.8 Å². The number of likely N-dealkylation sites (N-methyl/N-ethyl adjacent to an activating group) is 1. The first-order valence-electron chi connectivity index (χ1n) is 8.91. The van der Waals surface area contributed by atoms with Crippen molar-refractivity contribution in [3.8, 4) is 0 Å². The number of carbonyl (C=O) groups is 2. The Morgan fingerprint density at radius 2 is 1.72 bits per heavy atom. The van der Waals surface area contributed by atoms with E-state index in [9.17, 15) is 9.59 Å². The van der Waals surface area contributed by atoms with E-state index < -0.39 is 0 Å². The van der Waals surface area contributed by atoms with Crippen LogP contribution in [-0.2, 0) is 16.0 Å². The van der Waals surface area contributed by atoms with Crippen LogP contribution in [0.2, 0.25) is 0 Å². The lowest BCUT2D eigenvalue weighted by molar-refractivity contribution is -0.132. The van der Waals surface area contributed by atoms with Crippen molar-refractivity contribution < 1.29 is 9.59 Å². The summed E-state index contributed by atoms with van der Waals surface area (Å²) in [6.07, 6.45) is 0.428. The first-order valence-corrected chi connectivity index (χ1v) is 8.91. The van der Waals surface area contributed by atoms with E-state index in [1.54, 1.807) is 0 Å². The third-order valence-electron chi connectivity index (χ3n) is 4.69. The molecule has 0 radical (unpaired) electrons. The fraction of sp³-hybridized carbons (Fsp3) is 0.400. The topological polar surface area (TPSA) is 52.7 Å². The van der Waals surface area contributed by atoms with Gasteiger partial charge in [-0.2, -0.15) is 0 Å². The standard InChI is InChI=1S/C20H25N3O2/c1-2-21-19(24)15-22-10-12-23(13-11-22)20(25)14-17-8-5-7-16-6-3-4-9-18(16)17/h3-9H,2,10-15H2,1H3,(H,21,24). The van der Waals surface area contributed by atoms with Gasteiger partial charge >= 0.3 is 0 Å². The van der Waals surface area contributed by atoms with Gasteiger partial charge in [0.1, 0.15) is 0 Å². The monoisotopic (exact) mass is 339 g/mol. The first kappa shape index (κ1) is 17.4. The number of piperazine rings is 1. The maximum absolute atomic E-state index is 12.7. The van der Waals surface area contributed by atoms with E-state index in [2.05, 4.69) is 28.4 Å². The Labute approximate surface area is 148 Å². The van der Waals surface area contributed by atoms with Gasteiger partial charge in [0.25, 0.3) is 0 Å². The third kappa shape index (κ3) is 4.37. The van der Waals surface area contributed by atoms with Crippen LogP contribution in [0.1, 0.15) is 12.5 Å². The molecule has 1 heterocycles. The van der Waals surface area contributed by atoms with Crippen molar-refractivity contribution in [3.63, 3.8) is 0 Å². The maximum atomic E-state index is 12.7. The molecule has 2 aromatic rings. The highest BCUT2D eigenvalue weighted by molar-refractivity contribution is 5.90. The van der Waals surface area contributed by atoms with Crippen LogP contribution < -0.4 is 5.32 Å². The Bertz CT molecular complexity index is 746.